The van der Waals surface area contributed by atoms with Crippen molar-refractivity contribution < 1.29 is 0 Å². The van der Waals surface area contributed by atoms with Crippen LogP contribution in [0.5, 0.6) is 0 Å². The van der Waals surface area contributed by atoms with Crippen LogP contribution in [0.15, 0.2) is 18.2 Å². The molecule has 0 bridgehead atoms. The number of nitrogens with zero attached hydrogens (tertiary/aromatic N) is 2. The molecule has 0 fully saturated rings. The van der Waals surface area contributed by atoms with E-state index < -0.39 is 0 Å². The Hall–Kier alpha value is -1.29. The third-order valence-corrected chi connectivity index (χ3v) is 4.06. The molecule has 1 aromatic carbocycles. The quantitative estimate of drug-likeness (QED) is 0.831. The number of nitrogens with two attached hydrogens (primary N) is 1. The number of nitrogen functional groups attached to an aromatic ring is 1. The van der Waals surface area contributed by atoms with Crippen molar-refractivity contribution >= 4 is 32.4 Å². The highest BCUT2D eigenvalue weighted by Crippen LogP contribution is 2.30. The van der Waals surface area contributed by atoms with Crippen LogP contribution < -0.4 is 10.6 Å². The summed E-state index contributed by atoms with van der Waals surface area (Å²) in [7, 11) is 2.09. The summed E-state index contributed by atoms with van der Waals surface area (Å²) in [6.45, 7) is 4.40. The van der Waals surface area contributed by atoms with Gasteiger partial charge in [0.25, 0.3) is 0 Å². The zero-order valence-corrected chi connectivity index (χ0v) is 10.7. The van der Waals surface area contributed by atoms with E-state index in [-0.39, 0.29) is 0 Å². The molecule has 1 heterocycles. The predicted molar refractivity (Wildman–Crippen MR) is 72.2 cm³/mol. The molecule has 1 aromatic heterocycles. The number of hydrogen-bond donors (Lipinski definition) is 1. The van der Waals surface area contributed by atoms with Gasteiger partial charge in [-0.3, -0.25) is 0 Å². The summed E-state index contributed by atoms with van der Waals surface area (Å²) in [5, 5.41) is 1.06. The third-order valence-electron chi connectivity index (χ3n) is 2.95. The lowest BCUT2D eigenvalue weighted by Gasteiger charge is -2.22. The molecule has 2 N–H and O–H groups in total. The second-order valence-corrected chi connectivity index (χ2v) is 5.10. The average molecular weight is 235 g/mol. The Labute approximate surface area is 99.9 Å². The molecule has 0 radical (unpaired) electrons. The molecular formula is C12H17N3S. The minimum absolute atomic E-state index is 0.512. The molecule has 1 atom stereocenters. The van der Waals surface area contributed by atoms with Crippen LogP contribution in [0.2, 0.25) is 0 Å². The van der Waals surface area contributed by atoms with Gasteiger partial charge in [-0.15, -0.1) is 0 Å². The first-order valence-electron chi connectivity index (χ1n) is 5.50. The second kappa shape index (κ2) is 4.29. The number of fused-ring (bicyclic) bond motifs is 1. The molecule has 0 saturated heterocycles. The number of benzene rings is 1. The zero-order chi connectivity index (χ0) is 11.7. The van der Waals surface area contributed by atoms with Gasteiger partial charge < -0.3 is 10.6 Å². The molecule has 1 unspecified atom stereocenters. The van der Waals surface area contributed by atoms with E-state index in [4.69, 9.17) is 5.73 Å². The molecule has 2 aromatic rings. The first kappa shape index (κ1) is 11.2. The Morgan fingerprint density at radius 3 is 2.94 bits per heavy atom. The predicted octanol–water partition coefficient (Wildman–Crippen LogP) is 3.11. The average Bonchev–Trinajstić information content (AvgIpc) is 2.69. The monoisotopic (exact) mass is 235 g/mol. The van der Waals surface area contributed by atoms with Crippen LogP contribution in [-0.2, 0) is 0 Å². The lowest BCUT2D eigenvalue weighted by molar-refractivity contribution is 0.663. The number of anilines is 2. The van der Waals surface area contributed by atoms with Crippen LogP contribution in [0.1, 0.15) is 20.3 Å². The molecule has 0 amide bonds. The van der Waals surface area contributed by atoms with Crippen molar-refractivity contribution in [2.45, 2.75) is 26.3 Å². The Kier molecular flexibility index (Phi) is 3.01. The van der Waals surface area contributed by atoms with Gasteiger partial charge in [0.1, 0.15) is 0 Å². The molecule has 4 heteroatoms. The van der Waals surface area contributed by atoms with Crippen molar-refractivity contribution in [3.8, 4) is 0 Å². The standard InChI is InChI=1S/C12H17N3S/c1-4-8(2)15(3)12-14-10-6-5-9(13)7-11(10)16-12/h5-8H,4,13H2,1-3H3. The Bertz CT molecular complexity index is 492. The number of hydrogen-bond acceptors (Lipinski definition) is 4. The fourth-order valence-corrected chi connectivity index (χ4v) is 2.62. The van der Waals surface area contributed by atoms with Gasteiger partial charge in [-0.2, -0.15) is 0 Å². The topological polar surface area (TPSA) is 42.2 Å². The molecular weight excluding hydrogens is 218 g/mol. The van der Waals surface area contributed by atoms with Crippen molar-refractivity contribution in [3.63, 3.8) is 0 Å². The van der Waals surface area contributed by atoms with Gasteiger partial charge in [-0.05, 0) is 31.5 Å². The molecule has 86 valence electrons. The molecule has 0 aliphatic rings. The maximum atomic E-state index is 5.76. The summed E-state index contributed by atoms with van der Waals surface area (Å²) in [6, 6.07) is 6.38. The van der Waals surface area contributed by atoms with Gasteiger partial charge >= 0.3 is 0 Å². The van der Waals surface area contributed by atoms with Crippen LogP contribution in [0.25, 0.3) is 10.2 Å². The molecule has 3 nitrogen and oxygen atoms in total. The maximum absolute atomic E-state index is 5.76. The van der Waals surface area contributed by atoms with Crippen LogP contribution >= 0.6 is 11.3 Å². The van der Waals surface area contributed by atoms with Crippen molar-refractivity contribution in [2.24, 2.45) is 0 Å². The van der Waals surface area contributed by atoms with E-state index in [9.17, 15) is 0 Å². The summed E-state index contributed by atoms with van der Waals surface area (Å²) in [4.78, 5) is 6.83. The summed E-state index contributed by atoms with van der Waals surface area (Å²) < 4.78 is 1.16. The van der Waals surface area contributed by atoms with Gasteiger partial charge in [-0.1, -0.05) is 18.3 Å². The van der Waals surface area contributed by atoms with Gasteiger partial charge in [0, 0.05) is 18.8 Å². The summed E-state index contributed by atoms with van der Waals surface area (Å²) in [6.07, 6.45) is 1.12. The number of rotatable bonds is 3. The van der Waals surface area contributed by atoms with E-state index >= 15 is 0 Å². The van der Waals surface area contributed by atoms with Crippen molar-refractivity contribution in [1.82, 2.24) is 4.98 Å². The van der Waals surface area contributed by atoms with E-state index in [0.29, 0.717) is 6.04 Å². The highest BCUT2D eigenvalue weighted by Gasteiger charge is 2.12. The van der Waals surface area contributed by atoms with Gasteiger partial charge in [0.05, 0.1) is 10.2 Å². The van der Waals surface area contributed by atoms with Crippen LogP contribution in [0.3, 0.4) is 0 Å². The molecule has 0 aliphatic carbocycles. The summed E-state index contributed by atoms with van der Waals surface area (Å²) >= 11 is 1.70. The fourth-order valence-electron chi connectivity index (χ4n) is 1.54. The number of thiazole rings is 1. The largest absolute Gasteiger partial charge is 0.399 e. The van der Waals surface area contributed by atoms with Crippen LogP contribution in [0, 0.1) is 0 Å². The fraction of sp³-hybridized carbons (Fsp3) is 0.417. The van der Waals surface area contributed by atoms with Gasteiger partial charge in [0.15, 0.2) is 5.13 Å². The smallest absolute Gasteiger partial charge is 0.186 e. The van der Waals surface area contributed by atoms with E-state index in [2.05, 4.69) is 30.8 Å². The number of aromatic nitrogens is 1. The van der Waals surface area contributed by atoms with Crippen LogP contribution in [-0.4, -0.2) is 18.1 Å². The highest BCUT2D eigenvalue weighted by atomic mass is 32.1. The van der Waals surface area contributed by atoms with Crippen molar-refractivity contribution in [2.75, 3.05) is 17.7 Å². The Balaban J connectivity index is 2.39. The molecule has 2 rings (SSSR count). The first-order valence-corrected chi connectivity index (χ1v) is 6.32. The van der Waals surface area contributed by atoms with Crippen LogP contribution in [0.4, 0.5) is 10.8 Å². The van der Waals surface area contributed by atoms with E-state index in [0.717, 1.165) is 27.5 Å². The highest BCUT2D eigenvalue weighted by molar-refractivity contribution is 7.22. The SMILES string of the molecule is CCC(C)N(C)c1nc2ccc(N)cc2s1. The summed E-state index contributed by atoms with van der Waals surface area (Å²) in [5.74, 6) is 0. The van der Waals surface area contributed by atoms with Gasteiger partial charge in [0.2, 0.25) is 0 Å². The van der Waals surface area contributed by atoms with Crippen molar-refractivity contribution in [1.29, 1.82) is 0 Å². The lowest BCUT2D eigenvalue weighted by atomic mass is 10.2. The summed E-state index contributed by atoms with van der Waals surface area (Å²) in [5.41, 5.74) is 7.59. The van der Waals surface area contributed by atoms with E-state index in [1.807, 2.05) is 18.2 Å². The van der Waals surface area contributed by atoms with Crippen molar-refractivity contribution in [3.05, 3.63) is 18.2 Å². The maximum Gasteiger partial charge on any atom is 0.186 e. The van der Waals surface area contributed by atoms with E-state index in [1.165, 1.54) is 0 Å². The first-order chi connectivity index (χ1) is 7.61. The van der Waals surface area contributed by atoms with E-state index in [1.54, 1.807) is 11.3 Å². The molecule has 0 aliphatic heterocycles. The third kappa shape index (κ3) is 1.97. The Morgan fingerprint density at radius 1 is 1.50 bits per heavy atom. The molecule has 0 saturated carbocycles. The minimum atomic E-state index is 0.512. The minimum Gasteiger partial charge on any atom is -0.399 e. The molecule has 16 heavy (non-hydrogen) atoms. The lowest BCUT2D eigenvalue weighted by Crippen LogP contribution is -2.27. The van der Waals surface area contributed by atoms with Gasteiger partial charge in [-0.25, -0.2) is 4.98 Å². The molecule has 0 spiro atoms. The Morgan fingerprint density at radius 2 is 2.25 bits per heavy atom. The second-order valence-electron chi connectivity index (χ2n) is 4.09. The normalized spacial score (nSPS) is 12.9. The zero-order valence-electron chi connectivity index (χ0n) is 9.90.